The first kappa shape index (κ1) is 34.4. The van der Waals surface area contributed by atoms with Crippen LogP contribution in [0, 0.1) is 5.92 Å². The van der Waals surface area contributed by atoms with Crippen LogP contribution in [-0.2, 0) is 20.8 Å². The normalized spacial score (nSPS) is 28.4. The quantitative estimate of drug-likeness (QED) is 0.366. The largest absolute Gasteiger partial charge is 0.390 e. The monoisotopic (exact) mass is 633 g/mol. The Kier molecular flexibility index (Phi) is 11.6. The van der Waals surface area contributed by atoms with Crippen molar-refractivity contribution in [1.29, 1.82) is 0 Å². The van der Waals surface area contributed by atoms with Crippen LogP contribution in [0.3, 0.4) is 0 Å². The van der Waals surface area contributed by atoms with Gasteiger partial charge in [0.1, 0.15) is 12.1 Å². The van der Waals surface area contributed by atoms with E-state index in [1.54, 1.807) is 18.9 Å². The van der Waals surface area contributed by atoms with Crippen molar-refractivity contribution in [2.45, 2.75) is 94.1 Å². The highest BCUT2D eigenvalue weighted by Crippen LogP contribution is 2.38. The fourth-order valence-electron chi connectivity index (χ4n) is 6.85. The van der Waals surface area contributed by atoms with Gasteiger partial charge in [0.05, 0.1) is 18.2 Å². The third-order valence-electron chi connectivity index (χ3n) is 9.40. The molecule has 3 fully saturated rings. The minimum Gasteiger partial charge on any atom is -0.390 e. The number of alkyl halides is 2. The van der Waals surface area contributed by atoms with Crippen LogP contribution in [0.1, 0.15) is 62.6 Å². The maximum Gasteiger partial charge on any atom is 0.248 e. The zero-order chi connectivity index (χ0) is 28.6. The molecule has 1 aromatic rings. The molecule has 4 aliphatic rings. The van der Waals surface area contributed by atoms with Gasteiger partial charge in [-0.05, 0) is 63.2 Å². The van der Waals surface area contributed by atoms with Crippen molar-refractivity contribution in [3.8, 4) is 0 Å². The lowest BCUT2D eigenvalue weighted by molar-refractivity contribution is -0.150. The molecule has 9 nitrogen and oxygen atoms in total. The van der Waals surface area contributed by atoms with Crippen LogP contribution in [0.4, 0.5) is 8.78 Å². The highest BCUT2D eigenvalue weighted by atomic mass is 35.5. The van der Waals surface area contributed by atoms with Crippen LogP contribution in [0.2, 0.25) is 0 Å². The molecule has 0 unspecified atom stereocenters. The number of fused-ring (bicyclic) bond motifs is 2. The van der Waals surface area contributed by atoms with Gasteiger partial charge < -0.3 is 26.0 Å². The molecule has 1 saturated carbocycles. The van der Waals surface area contributed by atoms with Crippen molar-refractivity contribution in [2.24, 2.45) is 5.92 Å². The lowest BCUT2D eigenvalue weighted by Gasteiger charge is -2.45. The molecule has 2 heterocycles. The number of halogens is 4. The molecule has 13 heteroatoms. The molecule has 236 valence electrons. The summed E-state index contributed by atoms with van der Waals surface area (Å²) < 4.78 is 28.0. The van der Waals surface area contributed by atoms with Crippen molar-refractivity contribution in [2.75, 3.05) is 26.7 Å². The maximum atomic E-state index is 14.3. The number of piperazine rings is 1. The van der Waals surface area contributed by atoms with E-state index in [4.69, 9.17) is 0 Å². The molecule has 5 rings (SSSR count). The number of carbonyl (C=O) groups is 3. The van der Waals surface area contributed by atoms with Crippen LogP contribution in [0.5, 0.6) is 0 Å². The number of nitrogens with one attached hydrogen (secondary N) is 3. The number of nitrogens with zero attached hydrogens (tertiary/aromatic N) is 2. The van der Waals surface area contributed by atoms with Crippen LogP contribution < -0.4 is 16.0 Å². The molecule has 2 aliphatic heterocycles. The summed E-state index contributed by atoms with van der Waals surface area (Å²) in [5.41, 5.74) is 1.84. The van der Waals surface area contributed by atoms with E-state index in [2.05, 4.69) is 20.9 Å². The molecular weight excluding hydrogens is 591 g/mol. The Labute approximate surface area is 258 Å². The Morgan fingerprint density at radius 3 is 2.45 bits per heavy atom. The fraction of sp³-hybridized carbons (Fsp3) is 0.690. The molecular formula is C29H43Cl2F2N5O4. The second kappa shape index (κ2) is 14.2. The smallest absolute Gasteiger partial charge is 0.248 e. The van der Waals surface area contributed by atoms with Crippen LogP contribution in [-0.4, -0.2) is 95.5 Å². The number of benzene rings is 1. The van der Waals surface area contributed by atoms with Gasteiger partial charge in [-0.25, -0.2) is 8.78 Å². The highest BCUT2D eigenvalue weighted by Gasteiger charge is 2.47. The van der Waals surface area contributed by atoms with Crippen LogP contribution in [0.15, 0.2) is 24.3 Å². The highest BCUT2D eigenvalue weighted by molar-refractivity contribution is 5.93. The number of aliphatic hydroxyl groups is 1. The fourth-order valence-corrected chi connectivity index (χ4v) is 6.85. The summed E-state index contributed by atoms with van der Waals surface area (Å²) in [5.74, 6) is -4.37. The van der Waals surface area contributed by atoms with E-state index in [1.165, 1.54) is 0 Å². The Balaban J connectivity index is 0.00000242. The molecule has 3 amide bonds. The van der Waals surface area contributed by atoms with Gasteiger partial charge in [-0.1, -0.05) is 24.3 Å². The maximum absolute atomic E-state index is 14.3. The summed E-state index contributed by atoms with van der Waals surface area (Å²) in [6.07, 6.45) is 1.09. The van der Waals surface area contributed by atoms with E-state index >= 15 is 0 Å². The zero-order valence-electron chi connectivity index (χ0n) is 24.1. The van der Waals surface area contributed by atoms with Gasteiger partial charge in [-0.2, -0.15) is 0 Å². The minimum atomic E-state index is -2.78. The minimum absolute atomic E-state index is 0. The Bertz CT molecular complexity index is 1120. The summed E-state index contributed by atoms with van der Waals surface area (Å²) in [4.78, 5) is 44.8. The number of aliphatic hydroxyl groups excluding tert-OH is 1. The van der Waals surface area contributed by atoms with Crippen LogP contribution in [0.25, 0.3) is 0 Å². The Hall–Kier alpha value is -2.05. The predicted octanol–water partition coefficient (Wildman–Crippen LogP) is 2.20. The average molecular weight is 635 g/mol. The van der Waals surface area contributed by atoms with Crippen molar-refractivity contribution in [3.63, 3.8) is 0 Å². The SMILES string of the molecule is CN[C@@H](C)C(=O)N[C@H](C(=O)N1C[C@H]2CCCN2C[C@H]1C(=O)N[C@H]1c2ccccc2C[C@@H]1O)C1CCC(F)(F)CC1.Cl.Cl. The van der Waals surface area contributed by atoms with Crippen molar-refractivity contribution < 1.29 is 28.3 Å². The van der Waals surface area contributed by atoms with Gasteiger partial charge in [0, 0.05) is 38.4 Å². The summed E-state index contributed by atoms with van der Waals surface area (Å²) in [6.45, 7) is 3.19. The molecule has 4 N–H and O–H groups in total. The number of hydrogen-bond donors (Lipinski definition) is 4. The molecule has 0 bridgehead atoms. The van der Waals surface area contributed by atoms with E-state index in [1.807, 2.05) is 24.3 Å². The standard InChI is InChI=1S/C29H41F2N5O4.2ClH/c1-17(32-2)26(38)33-24(18-9-11-29(30,31)12-10-18)28(40)36-15-20-7-5-13-35(20)16-22(36)27(39)34-25-21-8-4-3-6-19(21)14-23(25)37;;/h3-4,6,8,17-18,20,22-25,32,37H,5,7,9-16H2,1-2H3,(H,33,38)(H,34,39);2*1H/t17-,20+,22-,23-,24-,25-;;/m0../s1. The molecule has 0 radical (unpaired) electrons. The summed E-state index contributed by atoms with van der Waals surface area (Å²) >= 11 is 0. The lowest BCUT2D eigenvalue weighted by Crippen LogP contribution is -2.66. The van der Waals surface area contributed by atoms with Crippen molar-refractivity contribution in [3.05, 3.63) is 35.4 Å². The lowest BCUT2D eigenvalue weighted by atomic mass is 9.81. The van der Waals surface area contributed by atoms with Gasteiger partial charge in [0.2, 0.25) is 23.6 Å². The number of hydrogen-bond acceptors (Lipinski definition) is 6. The molecule has 42 heavy (non-hydrogen) atoms. The van der Waals surface area contributed by atoms with E-state index in [-0.39, 0.29) is 68.4 Å². The van der Waals surface area contributed by atoms with E-state index in [9.17, 15) is 28.3 Å². The number of likely N-dealkylation sites (N-methyl/N-ethyl adjacent to an activating group) is 1. The van der Waals surface area contributed by atoms with Gasteiger partial charge >= 0.3 is 0 Å². The molecule has 0 aromatic heterocycles. The number of carbonyl (C=O) groups excluding carboxylic acids is 3. The second-order valence-corrected chi connectivity index (χ2v) is 11.9. The molecule has 6 atom stereocenters. The molecule has 1 aromatic carbocycles. The van der Waals surface area contributed by atoms with Gasteiger partial charge in [0.25, 0.3) is 0 Å². The summed E-state index contributed by atoms with van der Waals surface area (Å²) in [6, 6.07) is 4.72. The number of rotatable bonds is 7. The predicted molar refractivity (Wildman–Crippen MR) is 159 cm³/mol. The first-order valence-electron chi connectivity index (χ1n) is 14.5. The molecule has 2 saturated heterocycles. The average Bonchev–Trinajstić information content (AvgIpc) is 3.53. The summed E-state index contributed by atoms with van der Waals surface area (Å²) in [5, 5.41) is 19.5. The van der Waals surface area contributed by atoms with E-state index in [0.717, 1.165) is 30.5 Å². The van der Waals surface area contributed by atoms with Gasteiger partial charge in [0.15, 0.2) is 0 Å². The van der Waals surface area contributed by atoms with E-state index in [0.29, 0.717) is 19.5 Å². The van der Waals surface area contributed by atoms with E-state index < -0.39 is 48.0 Å². The summed E-state index contributed by atoms with van der Waals surface area (Å²) in [7, 11) is 1.64. The first-order valence-corrected chi connectivity index (χ1v) is 14.5. The van der Waals surface area contributed by atoms with Crippen molar-refractivity contribution in [1.82, 2.24) is 25.8 Å². The third-order valence-corrected chi connectivity index (χ3v) is 9.40. The molecule has 2 aliphatic carbocycles. The number of amides is 3. The van der Waals surface area contributed by atoms with Gasteiger partial charge in [-0.15, -0.1) is 24.8 Å². The Morgan fingerprint density at radius 1 is 1.07 bits per heavy atom. The van der Waals surface area contributed by atoms with Crippen LogP contribution >= 0.6 is 24.8 Å². The Morgan fingerprint density at radius 2 is 1.76 bits per heavy atom. The topological polar surface area (TPSA) is 114 Å². The second-order valence-electron chi connectivity index (χ2n) is 11.9. The van der Waals surface area contributed by atoms with Crippen molar-refractivity contribution >= 4 is 42.5 Å². The third kappa shape index (κ3) is 7.18. The zero-order valence-corrected chi connectivity index (χ0v) is 25.7. The van der Waals surface area contributed by atoms with Gasteiger partial charge in [-0.3, -0.25) is 19.3 Å². The molecule has 0 spiro atoms. The first-order chi connectivity index (χ1) is 19.1.